The zero-order valence-corrected chi connectivity index (χ0v) is 10.5. The van der Waals surface area contributed by atoms with E-state index in [0.717, 1.165) is 6.61 Å². The maximum absolute atomic E-state index is 4.54. The Kier molecular flexibility index (Phi) is 45.7. The van der Waals surface area contributed by atoms with Crippen molar-refractivity contribution in [1.29, 1.82) is 0 Å². The van der Waals surface area contributed by atoms with E-state index >= 15 is 0 Å². The van der Waals surface area contributed by atoms with Crippen LogP contribution >= 0.6 is 11.8 Å². The Morgan fingerprint density at radius 2 is 1.50 bits per heavy atom. The monoisotopic (exact) mass is 194 g/mol. The van der Waals surface area contributed by atoms with Crippen molar-refractivity contribution in [3.8, 4) is 0 Å². The van der Waals surface area contributed by atoms with E-state index in [4.69, 9.17) is 0 Å². The van der Waals surface area contributed by atoms with Gasteiger partial charge < -0.3 is 4.74 Å². The summed E-state index contributed by atoms with van der Waals surface area (Å²) in [4.78, 5) is 0. The number of hydrogen-bond donors (Lipinski definition) is 0. The second kappa shape index (κ2) is 30.2. The van der Waals surface area contributed by atoms with Crippen molar-refractivity contribution in [3.05, 3.63) is 0 Å². The molecule has 0 N–H and O–H groups in total. The minimum atomic E-state index is 0.819. The SMILES string of the molecule is CC.CCCSCC.CCOC. The minimum Gasteiger partial charge on any atom is -0.385 e. The normalized spacial score (nSPS) is 7.50. The first-order valence-corrected chi connectivity index (χ1v) is 6.05. The summed E-state index contributed by atoms with van der Waals surface area (Å²) in [5.74, 6) is 2.60. The molecule has 0 spiro atoms. The van der Waals surface area contributed by atoms with E-state index in [1.54, 1.807) is 7.11 Å². The Labute approximate surface area is 83.3 Å². The summed E-state index contributed by atoms with van der Waals surface area (Å²) in [7, 11) is 1.68. The summed E-state index contributed by atoms with van der Waals surface area (Å²) >= 11 is 2.01. The molecule has 0 aromatic rings. The molecule has 0 saturated heterocycles. The van der Waals surface area contributed by atoms with Gasteiger partial charge in [-0.15, -0.1) is 0 Å². The molecule has 0 bridgehead atoms. The van der Waals surface area contributed by atoms with Crippen molar-refractivity contribution in [2.45, 2.75) is 41.0 Å². The fraction of sp³-hybridized carbons (Fsp3) is 1.00. The van der Waals surface area contributed by atoms with Gasteiger partial charge in [-0.25, -0.2) is 0 Å². The Morgan fingerprint density at radius 1 is 1.08 bits per heavy atom. The highest BCUT2D eigenvalue weighted by Gasteiger charge is 1.74. The molecule has 78 valence electrons. The lowest BCUT2D eigenvalue weighted by molar-refractivity contribution is 0.215. The van der Waals surface area contributed by atoms with Crippen LogP contribution in [0.3, 0.4) is 0 Å². The molecule has 0 fully saturated rings. The zero-order valence-electron chi connectivity index (χ0n) is 9.64. The van der Waals surface area contributed by atoms with Gasteiger partial charge in [-0.2, -0.15) is 11.8 Å². The third kappa shape index (κ3) is 48.1. The molecule has 0 aromatic heterocycles. The van der Waals surface area contributed by atoms with Gasteiger partial charge in [-0.05, 0) is 24.9 Å². The molecule has 0 radical (unpaired) electrons. The van der Waals surface area contributed by atoms with E-state index < -0.39 is 0 Å². The Hall–Kier alpha value is 0.310. The van der Waals surface area contributed by atoms with Gasteiger partial charge in [0.1, 0.15) is 0 Å². The second-order valence-corrected chi connectivity index (χ2v) is 3.17. The molecule has 0 saturated carbocycles. The van der Waals surface area contributed by atoms with Gasteiger partial charge in [0.2, 0.25) is 0 Å². The Morgan fingerprint density at radius 3 is 1.58 bits per heavy atom. The van der Waals surface area contributed by atoms with Crippen molar-refractivity contribution < 1.29 is 4.74 Å². The van der Waals surface area contributed by atoms with E-state index in [1.807, 2.05) is 32.5 Å². The molecular weight excluding hydrogens is 168 g/mol. The predicted molar refractivity (Wildman–Crippen MR) is 62.2 cm³/mol. The van der Waals surface area contributed by atoms with Crippen LogP contribution in [0, 0.1) is 0 Å². The third-order valence-electron chi connectivity index (χ3n) is 0.841. The first-order chi connectivity index (χ1) is 5.83. The van der Waals surface area contributed by atoms with Gasteiger partial charge in [0.15, 0.2) is 0 Å². The van der Waals surface area contributed by atoms with Gasteiger partial charge in [-0.1, -0.05) is 27.7 Å². The molecule has 0 atom stereocenters. The molecule has 12 heavy (non-hydrogen) atoms. The lowest BCUT2D eigenvalue weighted by Gasteiger charge is -1.87. The number of ether oxygens (including phenoxy) is 1. The number of thioether (sulfide) groups is 1. The van der Waals surface area contributed by atoms with Crippen LogP contribution in [-0.4, -0.2) is 25.2 Å². The molecule has 0 aliphatic heterocycles. The van der Waals surface area contributed by atoms with E-state index in [2.05, 4.69) is 18.6 Å². The summed E-state index contributed by atoms with van der Waals surface area (Å²) in [6, 6.07) is 0. The van der Waals surface area contributed by atoms with Gasteiger partial charge in [0.25, 0.3) is 0 Å². The fourth-order valence-electron chi connectivity index (χ4n) is 0.289. The molecule has 0 aromatic carbocycles. The van der Waals surface area contributed by atoms with Crippen molar-refractivity contribution in [3.63, 3.8) is 0 Å². The fourth-order valence-corrected chi connectivity index (χ4v) is 0.866. The van der Waals surface area contributed by atoms with Crippen LogP contribution in [0.1, 0.15) is 41.0 Å². The second-order valence-electron chi connectivity index (χ2n) is 1.77. The topological polar surface area (TPSA) is 9.23 Å². The Balaban J connectivity index is -0.000000118. The van der Waals surface area contributed by atoms with E-state index in [9.17, 15) is 0 Å². The van der Waals surface area contributed by atoms with E-state index in [1.165, 1.54) is 17.9 Å². The lowest BCUT2D eigenvalue weighted by atomic mass is 10.6. The predicted octanol–water partition coefficient (Wildman–Crippen LogP) is 3.83. The average molecular weight is 194 g/mol. The summed E-state index contributed by atoms with van der Waals surface area (Å²) in [6.45, 7) is 11.2. The van der Waals surface area contributed by atoms with Gasteiger partial charge >= 0.3 is 0 Å². The summed E-state index contributed by atoms with van der Waals surface area (Å²) < 4.78 is 4.54. The van der Waals surface area contributed by atoms with Crippen molar-refractivity contribution >= 4 is 11.8 Å². The quantitative estimate of drug-likeness (QED) is 0.629. The largest absolute Gasteiger partial charge is 0.385 e. The van der Waals surface area contributed by atoms with Crippen molar-refractivity contribution in [2.24, 2.45) is 0 Å². The smallest absolute Gasteiger partial charge is 0.0433 e. The van der Waals surface area contributed by atoms with E-state index in [-0.39, 0.29) is 0 Å². The van der Waals surface area contributed by atoms with Crippen molar-refractivity contribution in [2.75, 3.05) is 25.2 Å². The summed E-state index contributed by atoms with van der Waals surface area (Å²) in [6.07, 6.45) is 1.32. The highest BCUT2D eigenvalue weighted by atomic mass is 32.2. The van der Waals surface area contributed by atoms with Gasteiger partial charge in [0, 0.05) is 13.7 Å². The van der Waals surface area contributed by atoms with Crippen LogP contribution in [0.5, 0.6) is 0 Å². The summed E-state index contributed by atoms with van der Waals surface area (Å²) in [5.41, 5.74) is 0. The van der Waals surface area contributed by atoms with Crippen LogP contribution in [-0.2, 0) is 4.74 Å². The lowest BCUT2D eigenvalue weighted by Crippen LogP contribution is -1.73. The highest BCUT2D eigenvalue weighted by Crippen LogP contribution is 1.98. The van der Waals surface area contributed by atoms with Crippen LogP contribution < -0.4 is 0 Å². The molecular formula is C10H26OS. The van der Waals surface area contributed by atoms with E-state index in [0.29, 0.717) is 0 Å². The van der Waals surface area contributed by atoms with Crippen LogP contribution in [0.2, 0.25) is 0 Å². The first kappa shape index (κ1) is 18.2. The van der Waals surface area contributed by atoms with Gasteiger partial charge in [-0.3, -0.25) is 0 Å². The number of methoxy groups -OCH3 is 1. The minimum absolute atomic E-state index is 0.819. The molecule has 0 rings (SSSR count). The number of hydrogen-bond acceptors (Lipinski definition) is 2. The van der Waals surface area contributed by atoms with Crippen LogP contribution in [0.4, 0.5) is 0 Å². The standard InChI is InChI=1S/C5H12S.C3H8O.C2H6/c1-3-5-6-4-2;1-3-4-2;1-2/h3-5H2,1-2H3;3H2,1-2H3;1-2H3. The highest BCUT2D eigenvalue weighted by molar-refractivity contribution is 7.99. The zero-order chi connectivity index (χ0) is 10.2. The molecule has 0 aliphatic carbocycles. The van der Waals surface area contributed by atoms with Crippen LogP contribution in [0.15, 0.2) is 0 Å². The number of rotatable bonds is 4. The first-order valence-electron chi connectivity index (χ1n) is 4.90. The third-order valence-corrected chi connectivity index (χ3v) is 1.95. The molecule has 1 nitrogen and oxygen atoms in total. The summed E-state index contributed by atoms with van der Waals surface area (Å²) in [5, 5.41) is 0. The van der Waals surface area contributed by atoms with Crippen molar-refractivity contribution in [1.82, 2.24) is 0 Å². The average Bonchev–Trinajstić information content (AvgIpc) is 2.18. The van der Waals surface area contributed by atoms with Crippen LogP contribution in [0.25, 0.3) is 0 Å². The molecule has 0 amide bonds. The van der Waals surface area contributed by atoms with Gasteiger partial charge in [0.05, 0.1) is 0 Å². The Bertz CT molecular complexity index is 34.8. The molecule has 0 unspecified atom stereocenters. The maximum atomic E-state index is 4.54. The maximum Gasteiger partial charge on any atom is 0.0433 e. The molecule has 0 heterocycles. The molecule has 0 aliphatic rings. The molecule has 2 heteroatoms.